The second kappa shape index (κ2) is 4.85. The maximum atomic E-state index is 10.9. The summed E-state index contributed by atoms with van der Waals surface area (Å²) in [6.07, 6.45) is 6.46. The summed E-state index contributed by atoms with van der Waals surface area (Å²) in [6, 6.07) is 7.31. The Kier molecular flexibility index (Phi) is 3.75. The van der Waals surface area contributed by atoms with Gasteiger partial charge in [-0.05, 0) is 18.2 Å². The van der Waals surface area contributed by atoms with Crippen LogP contribution in [0.2, 0.25) is 0 Å². The second-order valence-corrected chi connectivity index (χ2v) is 5.54. The van der Waals surface area contributed by atoms with E-state index in [4.69, 9.17) is 6.42 Å². The third kappa shape index (κ3) is 4.52. The van der Waals surface area contributed by atoms with Crippen LogP contribution in [0, 0.1) is 12.3 Å². The lowest BCUT2D eigenvalue weighted by Gasteiger charge is -2.05. The van der Waals surface area contributed by atoms with Crippen molar-refractivity contribution in [1.82, 2.24) is 0 Å². The highest BCUT2D eigenvalue weighted by Gasteiger charge is 2.00. The molecule has 0 aliphatic heterocycles. The van der Waals surface area contributed by atoms with Crippen LogP contribution >= 0.6 is 0 Å². The summed E-state index contributed by atoms with van der Waals surface area (Å²) in [5.41, 5.74) is 1.62. The van der Waals surface area contributed by atoms with Gasteiger partial charge in [0.2, 0.25) is 0 Å². The molecule has 0 atom stereocenters. The van der Waals surface area contributed by atoms with Gasteiger partial charge in [-0.2, -0.15) is 0 Å². The van der Waals surface area contributed by atoms with E-state index >= 15 is 0 Å². The van der Waals surface area contributed by atoms with Crippen LogP contribution in [0.15, 0.2) is 24.3 Å². The topological polar surface area (TPSA) is 46.2 Å². The van der Waals surface area contributed by atoms with Gasteiger partial charge in [-0.15, -0.1) is 6.42 Å². The predicted octanol–water partition coefficient (Wildman–Crippen LogP) is 1.12. The number of rotatable bonds is 4. The molecule has 0 unspecified atom stereocenters. The van der Waals surface area contributed by atoms with Crippen LogP contribution in [0.25, 0.3) is 0 Å². The minimum absolute atomic E-state index is 0.118. The summed E-state index contributed by atoms with van der Waals surface area (Å²) < 4.78 is 21.7. The average molecular weight is 223 g/mol. The van der Waals surface area contributed by atoms with Crippen LogP contribution < -0.4 is 5.32 Å². The largest absolute Gasteiger partial charge is 0.384 e. The lowest BCUT2D eigenvalue weighted by Crippen LogP contribution is -2.14. The molecule has 80 valence electrons. The van der Waals surface area contributed by atoms with E-state index in [1.807, 2.05) is 24.3 Å². The molecule has 0 saturated heterocycles. The number of hydrogen-bond donors (Lipinski definition) is 1. The fourth-order valence-corrected chi connectivity index (χ4v) is 1.57. The molecular weight excluding hydrogens is 210 g/mol. The standard InChI is InChI=1S/C11H13NO2S/c1-3-10-5-4-6-11(9-10)12-7-8-15(2,13)14/h1,4-6,9,12H,7-8H2,2H3. The second-order valence-electron chi connectivity index (χ2n) is 3.28. The third-order valence-electron chi connectivity index (χ3n) is 1.83. The summed E-state index contributed by atoms with van der Waals surface area (Å²) in [4.78, 5) is 0. The zero-order valence-electron chi connectivity index (χ0n) is 8.53. The molecule has 15 heavy (non-hydrogen) atoms. The molecule has 0 saturated carbocycles. The molecule has 0 spiro atoms. The average Bonchev–Trinajstić information content (AvgIpc) is 2.16. The Bertz CT molecular complexity index is 472. The van der Waals surface area contributed by atoms with Crippen molar-refractivity contribution in [3.05, 3.63) is 29.8 Å². The zero-order valence-corrected chi connectivity index (χ0v) is 9.34. The summed E-state index contributed by atoms with van der Waals surface area (Å²) in [5, 5.41) is 3.00. The molecule has 0 bridgehead atoms. The third-order valence-corrected chi connectivity index (χ3v) is 2.78. The van der Waals surface area contributed by atoms with Crippen LogP contribution in [0.1, 0.15) is 5.56 Å². The normalized spacial score (nSPS) is 10.7. The minimum Gasteiger partial charge on any atom is -0.384 e. The summed E-state index contributed by atoms with van der Waals surface area (Å²) in [7, 11) is -2.91. The van der Waals surface area contributed by atoms with E-state index in [9.17, 15) is 8.42 Å². The highest BCUT2D eigenvalue weighted by atomic mass is 32.2. The molecule has 3 nitrogen and oxygen atoms in total. The SMILES string of the molecule is C#Cc1cccc(NCCS(C)(=O)=O)c1. The fourth-order valence-electron chi connectivity index (χ4n) is 1.10. The summed E-state index contributed by atoms with van der Waals surface area (Å²) in [5.74, 6) is 2.63. The van der Waals surface area contributed by atoms with Gasteiger partial charge in [-0.1, -0.05) is 12.0 Å². The molecule has 1 aromatic rings. The molecule has 0 amide bonds. The maximum absolute atomic E-state index is 10.9. The van der Waals surface area contributed by atoms with E-state index in [-0.39, 0.29) is 5.75 Å². The maximum Gasteiger partial charge on any atom is 0.149 e. The molecule has 1 N–H and O–H groups in total. The smallest absolute Gasteiger partial charge is 0.149 e. The zero-order chi connectivity index (χ0) is 11.3. The predicted molar refractivity (Wildman–Crippen MR) is 62.6 cm³/mol. The lowest BCUT2D eigenvalue weighted by atomic mass is 10.2. The molecule has 0 aromatic heterocycles. The van der Waals surface area contributed by atoms with E-state index in [0.29, 0.717) is 6.54 Å². The Morgan fingerprint density at radius 2 is 2.20 bits per heavy atom. The van der Waals surface area contributed by atoms with E-state index in [2.05, 4.69) is 11.2 Å². The lowest BCUT2D eigenvalue weighted by molar-refractivity contribution is 0.602. The molecule has 0 radical (unpaired) electrons. The first-order valence-corrected chi connectivity index (χ1v) is 6.55. The van der Waals surface area contributed by atoms with Crippen LogP contribution in [0.4, 0.5) is 5.69 Å². The number of sulfone groups is 1. The summed E-state index contributed by atoms with van der Waals surface area (Å²) >= 11 is 0. The quantitative estimate of drug-likeness (QED) is 0.778. The van der Waals surface area contributed by atoms with Gasteiger partial charge in [-0.3, -0.25) is 0 Å². The molecule has 0 fully saturated rings. The highest BCUT2D eigenvalue weighted by Crippen LogP contribution is 2.09. The number of hydrogen-bond acceptors (Lipinski definition) is 3. The van der Waals surface area contributed by atoms with Gasteiger partial charge in [0.05, 0.1) is 5.75 Å². The van der Waals surface area contributed by atoms with Crippen molar-refractivity contribution in [2.24, 2.45) is 0 Å². The monoisotopic (exact) mass is 223 g/mol. The van der Waals surface area contributed by atoms with E-state index in [0.717, 1.165) is 11.3 Å². The molecule has 0 aliphatic rings. The van der Waals surface area contributed by atoms with Gasteiger partial charge in [0, 0.05) is 24.1 Å². The van der Waals surface area contributed by atoms with Crippen molar-refractivity contribution in [3.63, 3.8) is 0 Å². The molecule has 0 aliphatic carbocycles. The first-order chi connectivity index (χ1) is 7.01. The van der Waals surface area contributed by atoms with E-state index in [1.54, 1.807) is 0 Å². The van der Waals surface area contributed by atoms with Gasteiger partial charge in [0.25, 0.3) is 0 Å². The van der Waals surface area contributed by atoms with Crippen LogP contribution in [0.5, 0.6) is 0 Å². The van der Waals surface area contributed by atoms with Gasteiger partial charge in [-0.25, -0.2) is 8.42 Å². The Morgan fingerprint density at radius 1 is 1.47 bits per heavy atom. The number of anilines is 1. The molecule has 1 aromatic carbocycles. The Hall–Kier alpha value is -1.47. The number of terminal acetylenes is 1. The first kappa shape index (κ1) is 11.6. The Balaban J connectivity index is 2.55. The van der Waals surface area contributed by atoms with Crippen molar-refractivity contribution in [3.8, 4) is 12.3 Å². The Morgan fingerprint density at radius 3 is 2.80 bits per heavy atom. The van der Waals surface area contributed by atoms with Gasteiger partial charge >= 0.3 is 0 Å². The fraction of sp³-hybridized carbons (Fsp3) is 0.273. The van der Waals surface area contributed by atoms with Gasteiger partial charge < -0.3 is 5.32 Å². The van der Waals surface area contributed by atoms with Crippen molar-refractivity contribution in [1.29, 1.82) is 0 Å². The molecular formula is C11H13NO2S. The van der Waals surface area contributed by atoms with E-state index in [1.165, 1.54) is 6.26 Å². The van der Waals surface area contributed by atoms with Crippen LogP contribution in [0.3, 0.4) is 0 Å². The van der Waals surface area contributed by atoms with Crippen molar-refractivity contribution >= 4 is 15.5 Å². The molecule has 4 heteroatoms. The summed E-state index contributed by atoms with van der Waals surface area (Å²) in [6.45, 7) is 0.396. The van der Waals surface area contributed by atoms with Crippen LogP contribution in [-0.4, -0.2) is 27.0 Å². The number of benzene rings is 1. The van der Waals surface area contributed by atoms with Gasteiger partial charge in [0.15, 0.2) is 0 Å². The number of nitrogens with one attached hydrogen (secondary N) is 1. The van der Waals surface area contributed by atoms with E-state index < -0.39 is 9.84 Å². The molecule has 0 heterocycles. The van der Waals surface area contributed by atoms with Crippen molar-refractivity contribution in [2.75, 3.05) is 23.9 Å². The van der Waals surface area contributed by atoms with Crippen molar-refractivity contribution in [2.45, 2.75) is 0 Å². The first-order valence-electron chi connectivity index (χ1n) is 4.49. The van der Waals surface area contributed by atoms with Gasteiger partial charge in [0.1, 0.15) is 9.84 Å². The van der Waals surface area contributed by atoms with Crippen molar-refractivity contribution < 1.29 is 8.42 Å². The highest BCUT2D eigenvalue weighted by molar-refractivity contribution is 7.90. The minimum atomic E-state index is -2.91. The van der Waals surface area contributed by atoms with Crippen LogP contribution in [-0.2, 0) is 9.84 Å². The molecule has 1 rings (SSSR count). The Labute approximate surface area is 90.4 Å².